The van der Waals surface area contributed by atoms with Gasteiger partial charge in [-0.25, -0.2) is 12.4 Å². The van der Waals surface area contributed by atoms with Crippen LogP contribution in [0.1, 0.15) is 38.7 Å². The highest BCUT2D eigenvalue weighted by Crippen LogP contribution is 2.45. The van der Waals surface area contributed by atoms with Gasteiger partial charge in [-0.1, -0.05) is 30.4 Å². The van der Waals surface area contributed by atoms with E-state index >= 15 is 0 Å². The summed E-state index contributed by atoms with van der Waals surface area (Å²) in [7, 11) is -2.17. The molecule has 33 heavy (non-hydrogen) atoms. The Labute approximate surface area is 196 Å². The SMILES string of the molecule is C=C1CC[C@H]2C[C@@H]1[C@@H](Cc1cn(S(=O)(=O)c3ccc(OC)cc3)c3ccccc13)NC2(C)C. The maximum atomic E-state index is 13.6. The zero-order chi connectivity index (χ0) is 23.4. The standard InChI is InChI=1S/C27H32N2O3S/c1-18-9-10-20-16-24(18)25(28-27(20,2)3)15-19-17-29(26-8-6-5-7-23(19)26)33(30,31)22-13-11-21(32-4)12-14-22/h5-8,11-14,17,20,24-25,28H,1,9-10,15-16H2,2-4H3/t20-,24-,25+/m0/s1. The van der Waals surface area contributed by atoms with Crippen LogP contribution in [0.25, 0.3) is 10.9 Å². The van der Waals surface area contributed by atoms with E-state index in [-0.39, 0.29) is 16.5 Å². The van der Waals surface area contributed by atoms with E-state index in [1.807, 2.05) is 30.5 Å². The molecule has 3 atom stereocenters. The summed E-state index contributed by atoms with van der Waals surface area (Å²) >= 11 is 0. The quantitative estimate of drug-likeness (QED) is 0.531. The first-order valence-corrected chi connectivity index (χ1v) is 13.1. The summed E-state index contributed by atoms with van der Waals surface area (Å²) in [6.07, 6.45) is 6.03. The molecule has 1 aliphatic heterocycles. The number of hydrogen-bond donors (Lipinski definition) is 1. The van der Waals surface area contributed by atoms with Crippen LogP contribution in [0.2, 0.25) is 0 Å². The van der Waals surface area contributed by atoms with Gasteiger partial charge in [0, 0.05) is 23.2 Å². The molecule has 0 spiro atoms. The first kappa shape index (κ1) is 22.2. The van der Waals surface area contributed by atoms with E-state index in [0.717, 1.165) is 30.2 Å². The fourth-order valence-corrected chi connectivity index (χ4v) is 7.20. The predicted molar refractivity (Wildman–Crippen MR) is 132 cm³/mol. The largest absolute Gasteiger partial charge is 0.497 e. The Balaban J connectivity index is 1.55. The summed E-state index contributed by atoms with van der Waals surface area (Å²) < 4.78 is 33.8. The molecular weight excluding hydrogens is 432 g/mol. The molecule has 6 heteroatoms. The van der Waals surface area contributed by atoms with Crippen molar-refractivity contribution >= 4 is 20.9 Å². The molecule has 2 fully saturated rings. The number of aromatic nitrogens is 1. The molecule has 5 rings (SSSR count). The Bertz CT molecular complexity index is 1300. The third-order valence-electron chi connectivity index (χ3n) is 7.76. The van der Waals surface area contributed by atoms with Crippen LogP contribution < -0.4 is 10.1 Å². The van der Waals surface area contributed by atoms with Gasteiger partial charge in [0.05, 0.1) is 17.5 Å². The lowest BCUT2D eigenvalue weighted by molar-refractivity contribution is 0.0895. The molecule has 1 N–H and O–H groups in total. The number of nitrogens with one attached hydrogen (secondary N) is 1. The number of ether oxygens (including phenoxy) is 1. The van der Waals surface area contributed by atoms with Gasteiger partial charge in [-0.05, 0) is 87.3 Å². The monoisotopic (exact) mass is 464 g/mol. The van der Waals surface area contributed by atoms with Crippen LogP contribution in [0.4, 0.5) is 0 Å². The maximum absolute atomic E-state index is 13.6. The lowest BCUT2D eigenvalue weighted by Gasteiger charge is -2.52. The van der Waals surface area contributed by atoms with E-state index in [0.29, 0.717) is 23.1 Å². The molecule has 1 aromatic heterocycles. The predicted octanol–water partition coefficient (Wildman–Crippen LogP) is 5.15. The highest BCUT2D eigenvalue weighted by molar-refractivity contribution is 7.90. The normalized spacial score (nSPS) is 24.7. The van der Waals surface area contributed by atoms with E-state index in [4.69, 9.17) is 4.74 Å². The Morgan fingerprint density at radius 2 is 1.88 bits per heavy atom. The van der Waals surface area contributed by atoms with Crippen molar-refractivity contribution in [3.05, 3.63) is 72.4 Å². The van der Waals surface area contributed by atoms with Gasteiger partial charge in [0.2, 0.25) is 0 Å². The van der Waals surface area contributed by atoms with Gasteiger partial charge in [-0.3, -0.25) is 0 Å². The van der Waals surface area contributed by atoms with Crippen LogP contribution in [0.15, 0.2) is 71.8 Å². The highest BCUT2D eigenvalue weighted by atomic mass is 32.2. The highest BCUT2D eigenvalue weighted by Gasteiger charge is 2.44. The van der Waals surface area contributed by atoms with Crippen molar-refractivity contribution in [1.29, 1.82) is 0 Å². The average Bonchev–Trinajstić information content (AvgIpc) is 3.17. The maximum Gasteiger partial charge on any atom is 0.268 e. The van der Waals surface area contributed by atoms with Gasteiger partial charge >= 0.3 is 0 Å². The smallest absolute Gasteiger partial charge is 0.268 e. The van der Waals surface area contributed by atoms with E-state index < -0.39 is 10.0 Å². The molecule has 1 saturated heterocycles. The Hall–Kier alpha value is -2.57. The summed E-state index contributed by atoms with van der Waals surface area (Å²) in [4.78, 5) is 0.246. The Morgan fingerprint density at radius 3 is 2.61 bits per heavy atom. The Kier molecular flexibility index (Phi) is 5.41. The molecule has 3 aromatic rings. The van der Waals surface area contributed by atoms with Gasteiger partial charge in [-0.2, -0.15) is 0 Å². The minimum Gasteiger partial charge on any atom is -0.497 e. The molecular formula is C27H32N2O3S. The zero-order valence-electron chi connectivity index (χ0n) is 19.5. The van der Waals surface area contributed by atoms with E-state index in [1.54, 1.807) is 31.4 Å². The number of fused-ring (bicyclic) bond motifs is 3. The third kappa shape index (κ3) is 3.79. The van der Waals surface area contributed by atoms with E-state index in [9.17, 15) is 8.42 Å². The summed E-state index contributed by atoms with van der Waals surface area (Å²) in [6.45, 7) is 8.98. The average molecular weight is 465 g/mol. The van der Waals surface area contributed by atoms with Gasteiger partial charge < -0.3 is 10.1 Å². The van der Waals surface area contributed by atoms with Crippen LogP contribution in [0.5, 0.6) is 5.75 Å². The number of rotatable bonds is 5. The van der Waals surface area contributed by atoms with Crippen molar-refractivity contribution in [2.75, 3.05) is 7.11 Å². The third-order valence-corrected chi connectivity index (χ3v) is 9.44. The first-order valence-electron chi connectivity index (χ1n) is 11.6. The summed E-state index contributed by atoms with van der Waals surface area (Å²) in [5, 5.41) is 4.88. The van der Waals surface area contributed by atoms with Crippen molar-refractivity contribution < 1.29 is 13.2 Å². The van der Waals surface area contributed by atoms with E-state index in [1.165, 1.54) is 16.0 Å². The second-order valence-corrected chi connectivity index (χ2v) is 11.9. The molecule has 2 aromatic carbocycles. The van der Waals surface area contributed by atoms with Gasteiger partial charge in [-0.15, -0.1) is 0 Å². The van der Waals surface area contributed by atoms with Crippen molar-refractivity contribution in [3.63, 3.8) is 0 Å². The van der Waals surface area contributed by atoms with Gasteiger partial charge in [0.1, 0.15) is 5.75 Å². The molecule has 1 aliphatic carbocycles. The van der Waals surface area contributed by atoms with Crippen LogP contribution in [-0.2, 0) is 16.4 Å². The van der Waals surface area contributed by atoms with Crippen molar-refractivity contribution in [1.82, 2.24) is 9.29 Å². The number of piperidine rings is 1. The van der Waals surface area contributed by atoms with Crippen LogP contribution in [0.3, 0.4) is 0 Å². The second-order valence-electron chi connectivity index (χ2n) is 10.1. The topological polar surface area (TPSA) is 60.3 Å². The minimum absolute atomic E-state index is 0.0649. The van der Waals surface area contributed by atoms with Crippen LogP contribution in [0, 0.1) is 11.8 Å². The number of methoxy groups -OCH3 is 1. The lowest BCUT2D eigenvalue weighted by Crippen LogP contribution is -2.60. The molecule has 0 amide bonds. The van der Waals surface area contributed by atoms with Crippen LogP contribution >= 0.6 is 0 Å². The fraction of sp³-hybridized carbons (Fsp3) is 0.407. The zero-order valence-corrected chi connectivity index (χ0v) is 20.4. The number of benzene rings is 2. The van der Waals surface area contributed by atoms with Crippen molar-refractivity contribution in [2.45, 2.75) is 56.0 Å². The summed E-state index contributed by atoms with van der Waals surface area (Å²) in [5.41, 5.74) is 3.15. The van der Waals surface area contributed by atoms with Crippen LogP contribution in [-0.4, -0.2) is 31.1 Å². The van der Waals surface area contributed by atoms with Gasteiger partial charge in [0.25, 0.3) is 10.0 Å². The number of para-hydroxylation sites is 1. The molecule has 174 valence electrons. The van der Waals surface area contributed by atoms with Gasteiger partial charge in [0.15, 0.2) is 0 Å². The molecule has 0 unspecified atom stereocenters. The van der Waals surface area contributed by atoms with E-state index in [2.05, 4.69) is 25.7 Å². The lowest BCUT2D eigenvalue weighted by atomic mass is 9.64. The second kappa shape index (κ2) is 8.03. The fourth-order valence-electron chi connectivity index (χ4n) is 5.81. The summed E-state index contributed by atoms with van der Waals surface area (Å²) in [5.74, 6) is 1.71. The molecule has 1 saturated carbocycles. The molecule has 2 bridgehead atoms. The Morgan fingerprint density at radius 1 is 1.15 bits per heavy atom. The first-order chi connectivity index (χ1) is 15.7. The van der Waals surface area contributed by atoms with Crippen molar-refractivity contribution in [2.24, 2.45) is 11.8 Å². The number of hydrogen-bond acceptors (Lipinski definition) is 4. The van der Waals surface area contributed by atoms with Crippen molar-refractivity contribution in [3.8, 4) is 5.75 Å². The molecule has 2 heterocycles. The number of nitrogens with zero attached hydrogens (tertiary/aromatic N) is 1. The molecule has 2 aliphatic rings. The molecule has 0 radical (unpaired) electrons. The minimum atomic E-state index is -3.74. The molecule has 5 nitrogen and oxygen atoms in total. The summed E-state index contributed by atoms with van der Waals surface area (Å²) in [6, 6.07) is 14.6.